The second kappa shape index (κ2) is 4.83. The Morgan fingerprint density at radius 2 is 2.00 bits per heavy atom. The average molecular weight is 341 g/mol. The van der Waals surface area contributed by atoms with Crippen LogP contribution in [0.15, 0.2) is 0 Å². The van der Waals surface area contributed by atoms with Crippen molar-refractivity contribution in [3.05, 3.63) is 0 Å². The van der Waals surface area contributed by atoms with Crippen LogP contribution in [0.4, 0.5) is 13.2 Å². The van der Waals surface area contributed by atoms with E-state index in [1.165, 1.54) is 4.31 Å². The van der Waals surface area contributed by atoms with Crippen molar-refractivity contribution >= 4 is 10.0 Å². The van der Waals surface area contributed by atoms with Gasteiger partial charge in [0.05, 0.1) is 12.4 Å². The molecule has 0 aromatic carbocycles. The molecule has 2 saturated carbocycles. The van der Waals surface area contributed by atoms with Crippen LogP contribution in [0.5, 0.6) is 0 Å². The van der Waals surface area contributed by atoms with Gasteiger partial charge in [-0.25, -0.2) is 8.42 Å². The first kappa shape index (κ1) is 16.5. The molecule has 8 heteroatoms. The Morgan fingerprint density at radius 3 is 2.59 bits per heavy atom. The number of hydrogen-bond acceptors (Lipinski definition) is 3. The molecule has 3 atom stereocenters. The molecule has 3 fully saturated rings. The lowest BCUT2D eigenvalue weighted by molar-refractivity contribution is -0.174. The van der Waals surface area contributed by atoms with E-state index in [0.717, 1.165) is 19.3 Å². The van der Waals surface area contributed by atoms with Crippen LogP contribution in [0.2, 0.25) is 0 Å². The Kier molecular flexibility index (Phi) is 3.63. The smallest absolute Gasteiger partial charge is 0.371 e. The van der Waals surface area contributed by atoms with Gasteiger partial charge < -0.3 is 4.74 Å². The molecule has 1 unspecified atom stereocenters. The number of sulfonamides is 1. The molecule has 2 aliphatic carbocycles. The summed E-state index contributed by atoms with van der Waals surface area (Å²) in [5.74, 6) is 0.638. The van der Waals surface area contributed by atoms with Crippen LogP contribution in [0.25, 0.3) is 0 Å². The van der Waals surface area contributed by atoms with Crippen LogP contribution in [0, 0.1) is 16.7 Å². The van der Waals surface area contributed by atoms with Gasteiger partial charge in [0, 0.05) is 18.0 Å². The first-order valence-corrected chi connectivity index (χ1v) is 9.25. The third-order valence-corrected chi connectivity index (χ3v) is 8.29. The number of halogens is 3. The van der Waals surface area contributed by atoms with Crippen molar-refractivity contribution in [1.29, 1.82) is 0 Å². The van der Waals surface area contributed by atoms with Crippen molar-refractivity contribution in [2.24, 2.45) is 16.7 Å². The quantitative estimate of drug-likeness (QED) is 0.738. The number of rotatable bonds is 4. The van der Waals surface area contributed by atoms with E-state index in [0.29, 0.717) is 5.92 Å². The maximum absolute atomic E-state index is 12.5. The van der Waals surface area contributed by atoms with Crippen molar-refractivity contribution in [2.45, 2.75) is 45.3 Å². The number of hydrogen-bond donors (Lipinski definition) is 0. The topological polar surface area (TPSA) is 46.6 Å². The molecular formula is C14H22F3NO3S. The molecule has 3 aliphatic rings. The zero-order valence-corrected chi connectivity index (χ0v) is 13.6. The average Bonchev–Trinajstić information content (AvgIpc) is 2.81. The SMILES string of the molecule is CC1(C)[C@@H]2CCC13CS(=O)(=O)N(CCOCC(F)(F)F)[C@H]3C2. The lowest BCUT2D eigenvalue weighted by atomic mass is 9.69. The summed E-state index contributed by atoms with van der Waals surface area (Å²) in [6.07, 6.45) is -1.60. The van der Waals surface area contributed by atoms with E-state index >= 15 is 0 Å². The fourth-order valence-corrected chi connectivity index (χ4v) is 7.57. The zero-order valence-electron chi connectivity index (χ0n) is 12.8. The lowest BCUT2D eigenvalue weighted by Gasteiger charge is -2.37. The zero-order chi connectivity index (χ0) is 16.4. The molecule has 1 heterocycles. The molecular weight excluding hydrogens is 319 g/mol. The van der Waals surface area contributed by atoms with E-state index in [2.05, 4.69) is 18.6 Å². The van der Waals surface area contributed by atoms with Crippen molar-refractivity contribution in [2.75, 3.05) is 25.5 Å². The van der Waals surface area contributed by atoms with Gasteiger partial charge in [-0.3, -0.25) is 0 Å². The number of alkyl halides is 3. The van der Waals surface area contributed by atoms with E-state index < -0.39 is 22.8 Å². The van der Waals surface area contributed by atoms with Gasteiger partial charge >= 0.3 is 6.18 Å². The minimum atomic E-state index is -4.38. The predicted octanol–water partition coefficient (Wildman–Crippen LogP) is 2.41. The standard InChI is InChI=1S/C14H22F3NO3S/c1-12(2)10-3-4-13(12)9-22(19,20)18(11(13)7-10)5-6-21-8-14(15,16)17/h10-11H,3-9H2,1-2H3/t10-,11+,13?/m1/s1. The predicted molar refractivity (Wildman–Crippen MR) is 74.7 cm³/mol. The Hall–Kier alpha value is -0.340. The first-order valence-electron chi connectivity index (χ1n) is 7.64. The highest BCUT2D eigenvalue weighted by molar-refractivity contribution is 7.89. The summed E-state index contributed by atoms with van der Waals surface area (Å²) >= 11 is 0. The summed E-state index contributed by atoms with van der Waals surface area (Å²) < 4.78 is 67.3. The highest BCUT2D eigenvalue weighted by atomic mass is 32.2. The monoisotopic (exact) mass is 341 g/mol. The normalized spacial score (nSPS) is 39.3. The van der Waals surface area contributed by atoms with E-state index in [9.17, 15) is 21.6 Å². The number of fused-ring (bicyclic) bond motifs is 1. The van der Waals surface area contributed by atoms with Crippen LogP contribution in [-0.4, -0.2) is 50.5 Å². The largest absolute Gasteiger partial charge is 0.411 e. The van der Waals surface area contributed by atoms with Gasteiger partial charge in [0.2, 0.25) is 10.0 Å². The van der Waals surface area contributed by atoms with Crippen LogP contribution in [-0.2, 0) is 14.8 Å². The van der Waals surface area contributed by atoms with Crippen molar-refractivity contribution in [3.8, 4) is 0 Å². The van der Waals surface area contributed by atoms with Gasteiger partial charge in [-0.2, -0.15) is 17.5 Å². The van der Waals surface area contributed by atoms with Crippen molar-refractivity contribution < 1.29 is 26.3 Å². The summed E-state index contributed by atoms with van der Waals surface area (Å²) in [4.78, 5) is 0. The summed E-state index contributed by atoms with van der Waals surface area (Å²) in [7, 11) is -3.41. The van der Waals surface area contributed by atoms with Crippen LogP contribution >= 0.6 is 0 Å². The molecule has 0 N–H and O–H groups in total. The summed E-state index contributed by atoms with van der Waals surface area (Å²) in [5, 5.41) is 0. The number of ether oxygens (including phenoxy) is 1. The molecule has 1 spiro atoms. The second-order valence-electron chi connectivity index (χ2n) is 7.40. The Labute approximate surface area is 129 Å². The van der Waals surface area contributed by atoms with Crippen LogP contribution in [0.3, 0.4) is 0 Å². The Bertz CT molecular complexity index is 560. The summed E-state index contributed by atoms with van der Waals surface area (Å²) in [6, 6.07) is -0.0688. The minimum Gasteiger partial charge on any atom is -0.371 e. The van der Waals surface area contributed by atoms with Crippen molar-refractivity contribution in [1.82, 2.24) is 4.31 Å². The van der Waals surface area contributed by atoms with E-state index in [-0.39, 0.29) is 35.8 Å². The molecule has 3 rings (SSSR count). The third-order valence-electron chi connectivity index (χ3n) is 6.26. The second-order valence-corrected chi connectivity index (χ2v) is 9.32. The van der Waals surface area contributed by atoms with E-state index in [4.69, 9.17) is 0 Å². The molecule has 0 amide bonds. The van der Waals surface area contributed by atoms with Crippen molar-refractivity contribution in [3.63, 3.8) is 0 Å². The highest BCUT2D eigenvalue weighted by Crippen LogP contribution is 2.69. The molecule has 1 saturated heterocycles. The Morgan fingerprint density at radius 1 is 1.32 bits per heavy atom. The molecule has 1 aliphatic heterocycles. The van der Waals surface area contributed by atoms with Gasteiger partial charge in [-0.05, 0) is 30.6 Å². The van der Waals surface area contributed by atoms with Gasteiger partial charge in [0.1, 0.15) is 6.61 Å². The third kappa shape index (κ3) is 2.29. The van der Waals surface area contributed by atoms with E-state index in [1.807, 2.05) is 0 Å². The van der Waals surface area contributed by atoms with Gasteiger partial charge in [-0.1, -0.05) is 13.8 Å². The fourth-order valence-electron chi connectivity index (χ4n) is 5.01. The maximum Gasteiger partial charge on any atom is 0.411 e. The minimum absolute atomic E-state index is 0.0215. The fraction of sp³-hybridized carbons (Fsp3) is 1.00. The van der Waals surface area contributed by atoms with Gasteiger partial charge in [0.25, 0.3) is 0 Å². The van der Waals surface area contributed by atoms with Gasteiger partial charge in [0.15, 0.2) is 0 Å². The van der Waals surface area contributed by atoms with Crippen LogP contribution < -0.4 is 0 Å². The molecule has 4 nitrogen and oxygen atoms in total. The lowest BCUT2D eigenvalue weighted by Crippen LogP contribution is -2.42. The molecule has 22 heavy (non-hydrogen) atoms. The molecule has 128 valence electrons. The van der Waals surface area contributed by atoms with Gasteiger partial charge in [-0.15, -0.1) is 0 Å². The summed E-state index contributed by atoms with van der Waals surface area (Å²) in [6.45, 7) is 2.77. The Balaban J connectivity index is 1.71. The van der Waals surface area contributed by atoms with E-state index in [1.54, 1.807) is 0 Å². The maximum atomic E-state index is 12.5. The highest BCUT2D eigenvalue weighted by Gasteiger charge is 2.71. The molecule has 2 bridgehead atoms. The summed E-state index contributed by atoms with van der Waals surface area (Å²) in [5.41, 5.74) is -0.257. The van der Waals surface area contributed by atoms with Crippen LogP contribution in [0.1, 0.15) is 33.1 Å². The molecule has 0 aromatic rings. The first-order chi connectivity index (χ1) is 10.00. The number of nitrogens with zero attached hydrogens (tertiary/aromatic N) is 1. The molecule has 0 radical (unpaired) electrons. The molecule has 0 aromatic heterocycles.